The number of carbonyl (C=O) groups excluding carboxylic acids is 3. The topological polar surface area (TPSA) is 156 Å². The van der Waals surface area contributed by atoms with Crippen LogP contribution in [0.25, 0.3) is 0 Å². The number of ether oxygens (including phenoxy) is 2. The van der Waals surface area contributed by atoms with E-state index in [4.69, 9.17) is 14.0 Å². The summed E-state index contributed by atoms with van der Waals surface area (Å²) in [5.41, 5.74) is -4.40. The van der Waals surface area contributed by atoms with Crippen LogP contribution in [0.5, 0.6) is 0 Å². The average molecular weight is 614 g/mol. The minimum absolute atomic E-state index is 0.107. The molecule has 0 amide bonds. The van der Waals surface area contributed by atoms with Crippen LogP contribution in [0.2, 0.25) is 0 Å². The van der Waals surface area contributed by atoms with Crippen molar-refractivity contribution < 1.29 is 43.7 Å². The molecule has 2 bridgehead atoms. The molecule has 5 rings (SSSR count). The number of aryl methyl sites for hydroxylation is 2. The number of Topliss-reactive ketones (excluding diaryl/α,β-unsaturated/α-hetero) is 1. The van der Waals surface area contributed by atoms with Crippen molar-refractivity contribution in [2.45, 2.75) is 117 Å². The number of ketones is 1. The molecule has 0 aromatic carbocycles. The number of hydrogen-bond donors (Lipinski definition) is 3. The van der Waals surface area contributed by atoms with Crippen LogP contribution in [-0.4, -0.2) is 68.2 Å². The average Bonchev–Trinajstić information content (AvgIpc) is 3.23. The van der Waals surface area contributed by atoms with Crippen molar-refractivity contribution in [2.75, 3.05) is 6.61 Å². The number of carbonyl (C=O) groups is 3. The molecule has 10 heteroatoms. The molecule has 4 aliphatic carbocycles. The van der Waals surface area contributed by atoms with Crippen molar-refractivity contribution in [3.05, 3.63) is 40.3 Å². The second-order valence-electron chi connectivity index (χ2n) is 13.9. The fourth-order valence-corrected chi connectivity index (χ4v) is 8.79. The van der Waals surface area contributed by atoms with Gasteiger partial charge in [0, 0.05) is 30.1 Å². The predicted octanol–water partition coefficient (Wildman–Crippen LogP) is 4.04. The molecule has 2 saturated carbocycles. The Kier molecular flexibility index (Phi) is 8.30. The van der Waals surface area contributed by atoms with Gasteiger partial charge in [0.15, 0.2) is 11.5 Å². The molecule has 8 atom stereocenters. The van der Waals surface area contributed by atoms with Crippen LogP contribution in [0.3, 0.4) is 0 Å². The summed E-state index contributed by atoms with van der Waals surface area (Å²) in [6.45, 7) is 12.7. The maximum absolute atomic E-state index is 14.8. The number of hydrogen-bond acceptors (Lipinski definition) is 10. The Morgan fingerprint density at radius 2 is 1.82 bits per heavy atom. The normalized spacial score (nSPS) is 36.8. The van der Waals surface area contributed by atoms with E-state index in [2.05, 4.69) is 12.1 Å². The highest BCUT2D eigenvalue weighted by Crippen LogP contribution is 2.75. The van der Waals surface area contributed by atoms with E-state index in [1.165, 1.54) is 0 Å². The maximum Gasteiger partial charge on any atom is 0.344 e. The predicted molar refractivity (Wildman–Crippen MR) is 159 cm³/mol. The molecule has 44 heavy (non-hydrogen) atoms. The van der Waals surface area contributed by atoms with Crippen LogP contribution in [0, 0.1) is 28.6 Å². The monoisotopic (exact) mass is 613 g/mol. The van der Waals surface area contributed by atoms with Crippen molar-refractivity contribution in [2.24, 2.45) is 28.6 Å². The molecule has 0 radical (unpaired) electrons. The number of aliphatic hydroxyl groups excluding tert-OH is 2. The molecule has 1 aromatic rings. The Hall–Kier alpha value is -2.82. The highest BCUT2D eigenvalue weighted by atomic mass is 16.6. The molecule has 0 saturated heterocycles. The summed E-state index contributed by atoms with van der Waals surface area (Å²) in [6, 6.07) is 0. The van der Waals surface area contributed by atoms with Gasteiger partial charge < -0.3 is 29.3 Å². The van der Waals surface area contributed by atoms with E-state index in [0.29, 0.717) is 36.3 Å². The minimum Gasteiger partial charge on any atom is -0.458 e. The molecular formula is C34H47NO9. The van der Waals surface area contributed by atoms with Gasteiger partial charge in [-0.2, -0.15) is 0 Å². The lowest BCUT2D eigenvalue weighted by atomic mass is 9.59. The Balaban J connectivity index is 1.57. The fourth-order valence-electron chi connectivity index (χ4n) is 8.79. The van der Waals surface area contributed by atoms with Crippen LogP contribution >= 0.6 is 0 Å². The Bertz CT molecular complexity index is 1390. The molecule has 1 heterocycles. The summed E-state index contributed by atoms with van der Waals surface area (Å²) in [7, 11) is 0. The summed E-state index contributed by atoms with van der Waals surface area (Å²) in [5.74, 6) is -2.90. The largest absolute Gasteiger partial charge is 0.458 e. The Labute approximate surface area is 258 Å². The van der Waals surface area contributed by atoms with Crippen LogP contribution in [0.1, 0.15) is 102 Å². The highest BCUT2D eigenvalue weighted by Gasteiger charge is 2.83. The molecule has 1 aromatic heterocycles. The molecule has 10 nitrogen and oxygen atoms in total. The van der Waals surface area contributed by atoms with Crippen LogP contribution in [0.15, 0.2) is 27.8 Å². The van der Waals surface area contributed by atoms with Crippen LogP contribution in [-0.2, 0) is 31.9 Å². The first-order valence-electron chi connectivity index (χ1n) is 16.1. The zero-order valence-electron chi connectivity index (χ0n) is 26.9. The molecular weight excluding hydrogens is 566 g/mol. The highest BCUT2D eigenvalue weighted by molar-refractivity contribution is 5.96. The van der Waals surface area contributed by atoms with E-state index in [1.54, 1.807) is 19.1 Å². The third kappa shape index (κ3) is 4.31. The zero-order chi connectivity index (χ0) is 32.4. The third-order valence-electron chi connectivity index (χ3n) is 11.2. The number of esters is 2. The lowest BCUT2D eigenvalue weighted by Gasteiger charge is -2.48. The SMILES string of the molecule is CCCCCC(=O)O[C@@]12C[C@@H](C)C34C=C(C)[C@H](O)C3(O)C(O)C(COC(=O)c3c(CC)noc3CC)=CC(C4=O)[C@@H]1C2(C)C. The summed E-state index contributed by atoms with van der Waals surface area (Å²) in [5, 5.41) is 39.7. The number of aliphatic hydroxyl groups is 3. The van der Waals surface area contributed by atoms with Crippen molar-refractivity contribution in [1.82, 2.24) is 5.16 Å². The summed E-state index contributed by atoms with van der Waals surface area (Å²) in [4.78, 5) is 41.2. The van der Waals surface area contributed by atoms with Crippen LogP contribution < -0.4 is 0 Å². The van der Waals surface area contributed by atoms with Gasteiger partial charge in [-0.25, -0.2) is 4.79 Å². The van der Waals surface area contributed by atoms with Gasteiger partial charge in [-0.1, -0.05) is 71.7 Å². The molecule has 1 spiro atoms. The van der Waals surface area contributed by atoms with Gasteiger partial charge in [0.05, 0.1) is 11.1 Å². The van der Waals surface area contributed by atoms with Gasteiger partial charge in [0.25, 0.3) is 0 Å². The van der Waals surface area contributed by atoms with Gasteiger partial charge in [-0.05, 0) is 43.3 Å². The standard InChI is InChI=1S/C34H47NO9/c1-8-11-12-13-24(36)43-33-16-19(5)32-15-18(4)27(37)34(32,41)28(38)20(14-21(29(32)39)26(33)31(33,6)7)17-42-30(40)25-22(9-2)35-44-23(25)10-3/h14-15,19,21,26-28,37-38,41H,8-13,16-17H2,1-7H3/t19-,21?,26-,27+,28?,32?,33+,34?/m1/s1. The summed E-state index contributed by atoms with van der Waals surface area (Å²) < 4.78 is 17.3. The number of nitrogens with zero attached hydrogens (tertiary/aromatic N) is 1. The number of rotatable bonds is 10. The van der Waals surface area contributed by atoms with Crippen molar-refractivity contribution >= 4 is 17.7 Å². The van der Waals surface area contributed by atoms with Crippen molar-refractivity contribution in [3.8, 4) is 0 Å². The fraction of sp³-hybridized carbons (Fsp3) is 0.706. The van der Waals surface area contributed by atoms with E-state index < -0.39 is 64.6 Å². The van der Waals surface area contributed by atoms with E-state index in [0.717, 1.165) is 12.8 Å². The second kappa shape index (κ2) is 11.2. The van der Waals surface area contributed by atoms with Crippen molar-refractivity contribution in [1.29, 1.82) is 0 Å². The first kappa shape index (κ1) is 32.6. The van der Waals surface area contributed by atoms with Crippen LogP contribution in [0.4, 0.5) is 0 Å². The molecule has 2 fully saturated rings. The quantitative estimate of drug-likeness (QED) is 0.200. The number of aromatic nitrogens is 1. The lowest BCUT2D eigenvalue weighted by Crippen LogP contribution is -2.65. The van der Waals surface area contributed by atoms with Gasteiger partial charge in [-0.15, -0.1) is 0 Å². The molecule has 4 aliphatic rings. The lowest BCUT2D eigenvalue weighted by molar-refractivity contribution is -0.191. The number of allylic oxidation sites excluding steroid dienone is 1. The second-order valence-corrected chi connectivity index (χ2v) is 13.9. The van der Waals surface area contributed by atoms with E-state index in [1.807, 2.05) is 34.6 Å². The summed E-state index contributed by atoms with van der Waals surface area (Å²) in [6.07, 6.45) is 3.92. The molecule has 4 unspecified atom stereocenters. The van der Waals surface area contributed by atoms with Gasteiger partial charge in [0.2, 0.25) is 0 Å². The smallest absolute Gasteiger partial charge is 0.344 e. The first-order valence-corrected chi connectivity index (χ1v) is 16.1. The van der Waals surface area contributed by atoms with Gasteiger partial charge in [0.1, 0.15) is 35.6 Å². The van der Waals surface area contributed by atoms with E-state index in [9.17, 15) is 29.7 Å². The number of fused-ring (bicyclic) bond motifs is 3. The molecule has 242 valence electrons. The minimum atomic E-state index is -2.33. The number of unbranched alkanes of at least 4 members (excludes halogenated alkanes) is 2. The first-order chi connectivity index (χ1) is 20.7. The zero-order valence-corrected chi connectivity index (χ0v) is 26.9. The van der Waals surface area contributed by atoms with Gasteiger partial charge >= 0.3 is 11.9 Å². The summed E-state index contributed by atoms with van der Waals surface area (Å²) >= 11 is 0. The van der Waals surface area contributed by atoms with Crippen molar-refractivity contribution in [3.63, 3.8) is 0 Å². The molecule has 3 N–H and O–H groups in total. The van der Waals surface area contributed by atoms with Gasteiger partial charge in [-0.3, -0.25) is 9.59 Å². The Morgan fingerprint density at radius 1 is 1.11 bits per heavy atom. The van der Waals surface area contributed by atoms with E-state index in [-0.39, 0.29) is 35.7 Å². The Morgan fingerprint density at radius 3 is 2.45 bits per heavy atom. The third-order valence-corrected chi connectivity index (χ3v) is 11.2. The van der Waals surface area contributed by atoms with E-state index >= 15 is 0 Å². The molecule has 0 aliphatic heterocycles. The maximum atomic E-state index is 14.8.